The van der Waals surface area contributed by atoms with Gasteiger partial charge in [0.15, 0.2) is 0 Å². The first-order valence-corrected chi connectivity index (χ1v) is 14.8. The molecule has 2 unspecified atom stereocenters. The first-order valence-electron chi connectivity index (χ1n) is 14.8. The monoisotopic (exact) mass is 553 g/mol. The molecule has 1 aliphatic carbocycles. The Kier molecular flexibility index (Phi) is 7.86. The molecule has 0 bridgehead atoms. The Morgan fingerprint density at radius 1 is 0.756 bits per heavy atom. The third-order valence-electron chi connectivity index (χ3n) is 9.10. The molecule has 7 nitrogen and oxygen atoms in total. The Morgan fingerprint density at radius 3 is 2.00 bits per heavy atom. The molecule has 0 spiro atoms. The fourth-order valence-electron chi connectivity index (χ4n) is 6.91. The maximum Gasteiger partial charge on any atom is 0.254 e. The maximum atomic E-state index is 14.6. The van der Waals surface area contributed by atoms with E-state index in [4.69, 9.17) is 9.47 Å². The van der Waals surface area contributed by atoms with Gasteiger partial charge in [-0.25, -0.2) is 0 Å². The van der Waals surface area contributed by atoms with Crippen molar-refractivity contribution in [1.29, 1.82) is 0 Å². The highest BCUT2D eigenvalue weighted by molar-refractivity contribution is 6.01. The van der Waals surface area contributed by atoms with Gasteiger partial charge in [0.25, 0.3) is 5.91 Å². The van der Waals surface area contributed by atoms with Crippen molar-refractivity contribution in [2.45, 2.75) is 50.1 Å². The summed E-state index contributed by atoms with van der Waals surface area (Å²) in [6.07, 6.45) is 5.36. The van der Waals surface area contributed by atoms with E-state index in [1.165, 1.54) is 6.42 Å². The lowest BCUT2D eigenvalue weighted by atomic mass is 9.77. The number of carbonyl (C=O) groups excluding carboxylic acids is 2. The van der Waals surface area contributed by atoms with E-state index in [1.54, 1.807) is 14.2 Å². The molecular formula is C34H39N3O4. The summed E-state index contributed by atoms with van der Waals surface area (Å²) >= 11 is 0. The molecule has 41 heavy (non-hydrogen) atoms. The minimum absolute atomic E-state index is 0.0432. The van der Waals surface area contributed by atoms with Crippen molar-refractivity contribution in [3.63, 3.8) is 0 Å². The fourth-order valence-corrected chi connectivity index (χ4v) is 6.91. The number of methoxy groups -OCH3 is 2. The summed E-state index contributed by atoms with van der Waals surface area (Å²) in [6.45, 7) is 2.78. The van der Waals surface area contributed by atoms with E-state index < -0.39 is 5.92 Å². The Bertz CT molecular complexity index is 1360. The minimum atomic E-state index is -0.466. The zero-order valence-electron chi connectivity index (χ0n) is 24.0. The second-order valence-corrected chi connectivity index (χ2v) is 11.3. The summed E-state index contributed by atoms with van der Waals surface area (Å²) in [5, 5.41) is 0. The van der Waals surface area contributed by atoms with Crippen LogP contribution < -0.4 is 14.4 Å². The summed E-state index contributed by atoms with van der Waals surface area (Å²) in [5.41, 5.74) is 3.62. The topological polar surface area (TPSA) is 62.3 Å². The molecule has 2 amide bonds. The van der Waals surface area contributed by atoms with Gasteiger partial charge in [-0.05, 0) is 66.4 Å². The van der Waals surface area contributed by atoms with Crippen molar-refractivity contribution >= 4 is 17.5 Å². The van der Waals surface area contributed by atoms with E-state index in [0.29, 0.717) is 18.7 Å². The molecule has 2 fully saturated rings. The summed E-state index contributed by atoms with van der Waals surface area (Å²) in [6, 6.07) is 23.5. The van der Waals surface area contributed by atoms with Gasteiger partial charge in [-0.3, -0.25) is 9.59 Å². The number of fused-ring (bicyclic) bond motifs is 1. The smallest absolute Gasteiger partial charge is 0.254 e. The minimum Gasteiger partial charge on any atom is -0.497 e. The van der Waals surface area contributed by atoms with E-state index in [2.05, 4.69) is 21.9 Å². The molecule has 7 heteroatoms. The number of anilines is 1. The number of nitrogens with zero attached hydrogens (tertiary/aromatic N) is 3. The van der Waals surface area contributed by atoms with Gasteiger partial charge in [-0.15, -0.1) is 0 Å². The summed E-state index contributed by atoms with van der Waals surface area (Å²) < 4.78 is 10.8. The number of rotatable bonds is 6. The van der Waals surface area contributed by atoms with E-state index in [1.807, 2.05) is 65.6 Å². The van der Waals surface area contributed by atoms with Gasteiger partial charge in [0.2, 0.25) is 5.91 Å². The van der Waals surface area contributed by atoms with Gasteiger partial charge in [-0.1, -0.05) is 49.6 Å². The van der Waals surface area contributed by atoms with Gasteiger partial charge in [0.1, 0.15) is 11.5 Å². The van der Waals surface area contributed by atoms with Crippen LogP contribution in [0.3, 0.4) is 0 Å². The summed E-state index contributed by atoms with van der Waals surface area (Å²) in [5.74, 6) is 1.27. The zero-order chi connectivity index (χ0) is 28.3. The third kappa shape index (κ3) is 5.25. The van der Waals surface area contributed by atoms with Crippen LogP contribution in [-0.2, 0) is 4.79 Å². The van der Waals surface area contributed by atoms with Gasteiger partial charge in [0, 0.05) is 43.5 Å². The molecule has 0 radical (unpaired) electrons. The molecule has 1 saturated carbocycles. The van der Waals surface area contributed by atoms with Crippen molar-refractivity contribution in [1.82, 2.24) is 9.80 Å². The van der Waals surface area contributed by atoms with Crippen molar-refractivity contribution in [3.8, 4) is 11.5 Å². The number of carbonyl (C=O) groups is 2. The highest BCUT2D eigenvalue weighted by Gasteiger charge is 2.48. The van der Waals surface area contributed by atoms with Crippen LogP contribution in [0.4, 0.5) is 5.69 Å². The second kappa shape index (κ2) is 11.9. The normalized spacial score (nSPS) is 21.4. The molecule has 214 valence electrons. The van der Waals surface area contributed by atoms with Gasteiger partial charge < -0.3 is 24.2 Å². The largest absolute Gasteiger partial charge is 0.497 e. The van der Waals surface area contributed by atoms with Crippen LogP contribution in [0.2, 0.25) is 0 Å². The average molecular weight is 554 g/mol. The molecule has 2 atom stereocenters. The third-order valence-corrected chi connectivity index (χ3v) is 9.10. The lowest BCUT2D eigenvalue weighted by molar-refractivity contribution is -0.135. The average Bonchev–Trinajstić information content (AvgIpc) is 3.05. The highest BCUT2D eigenvalue weighted by atomic mass is 16.5. The molecule has 6 rings (SSSR count). The van der Waals surface area contributed by atoms with E-state index in [-0.39, 0.29) is 23.9 Å². The van der Waals surface area contributed by atoms with Crippen molar-refractivity contribution in [3.05, 3.63) is 89.5 Å². The van der Waals surface area contributed by atoms with Crippen LogP contribution >= 0.6 is 0 Å². The van der Waals surface area contributed by atoms with Crippen LogP contribution in [0, 0.1) is 0 Å². The molecule has 1 saturated heterocycles. The second-order valence-electron chi connectivity index (χ2n) is 11.3. The van der Waals surface area contributed by atoms with E-state index in [0.717, 1.165) is 67.1 Å². The highest BCUT2D eigenvalue weighted by Crippen LogP contribution is 2.46. The first kappa shape index (κ1) is 27.2. The Morgan fingerprint density at radius 2 is 1.37 bits per heavy atom. The lowest BCUT2D eigenvalue weighted by Gasteiger charge is -2.48. The number of piperazine rings is 1. The van der Waals surface area contributed by atoms with E-state index in [9.17, 15) is 9.59 Å². The van der Waals surface area contributed by atoms with Crippen LogP contribution in [0.25, 0.3) is 0 Å². The standard InChI is InChI=1S/C34H39N3O4/c1-40-27-16-12-24(13-17-27)32-31(29-10-6-7-11-30(29)33(38)37(32)26-8-4-3-5-9-26)34(39)36-22-20-35(21-23-36)25-14-18-28(41-2)19-15-25/h6-7,10-19,26,31-32H,3-5,8-9,20-23H2,1-2H3. The summed E-state index contributed by atoms with van der Waals surface area (Å²) in [4.78, 5) is 35.2. The number of hydrogen-bond acceptors (Lipinski definition) is 5. The Labute approximate surface area is 242 Å². The molecule has 2 heterocycles. The Hall–Kier alpha value is -4.00. The zero-order valence-corrected chi connectivity index (χ0v) is 24.0. The maximum absolute atomic E-state index is 14.6. The number of hydrogen-bond donors (Lipinski definition) is 0. The van der Waals surface area contributed by atoms with Gasteiger partial charge in [0.05, 0.1) is 26.2 Å². The van der Waals surface area contributed by atoms with Crippen LogP contribution in [-0.4, -0.2) is 68.1 Å². The van der Waals surface area contributed by atoms with Crippen molar-refractivity contribution < 1.29 is 19.1 Å². The first-order chi connectivity index (χ1) is 20.1. The van der Waals surface area contributed by atoms with Crippen LogP contribution in [0.5, 0.6) is 11.5 Å². The molecule has 0 aromatic heterocycles. The van der Waals surface area contributed by atoms with Crippen molar-refractivity contribution in [2.24, 2.45) is 0 Å². The predicted molar refractivity (Wildman–Crippen MR) is 160 cm³/mol. The van der Waals surface area contributed by atoms with Gasteiger partial charge in [-0.2, -0.15) is 0 Å². The molecular weight excluding hydrogens is 514 g/mol. The SMILES string of the molecule is COc1ccc(C2C(C(=O)N3CCN(c4ccc(OC)cc4)CC3)c3ccccc3C(=O)N2C2CCCCC2)cc1. The fraction of sp³-hybridized carbons (Fsp3) is 0.412. The number of ether oxygens (including phenoxy) is 2. The molecule has 3 aromatic rings. The summed E-state index contributed by atoms with van der Waals surface area (Å²) in [7, 11) is 3.33. The van der Waals surface area contributed by atoms with Crippen molar-refractivity contribution in [2.75, 3.05) is 45.3 Å². The Balaban J connectivity index is 1.34. The molecule has 2 aliphatic heterocycles. The quantitative estimate of drug-likeness (QED) is 0.394. The van der Waals surface area contributed by atoms with Crippen LogP contribution in [0.15, 0.2) is 72.8 Å². The van der Waals surface area contributed by atoms with Gasteiger partial charge >= 0.3 is 0 Å². The predicted octanol–water partition coefficient (Wildman–Crippen LogP) is 5.67. The van der Waals surface area contributed by atoms with Crippen LogP contribution in [0.1, 0.15) is 65.5 Å². The lowest BCUT2D eigenvalue weighted by Crippen LogP contribution is -2.55. The number of benzene rings is 3. The number of amides is 2. The molecule has 0 N–H and O–H groups in total. The molecule has 3 aromatic carbocycles. The molecule has 3 aliphatic rings. The van der Waals surface area contributed by atoms with E-state index >= 15 is 0 Å².